The van der Waals surface area contributed by atoms with E-state index in [1.165, 1.54) is 0 Å². The van der Waals surface area contributed by atoms with E-state index in [4.69, 9.17) is 16.0 Å². The second-order valence-corrected chi connectivity index (χ2v) is 1.34. The van der Waals surface area contributed by atoms with Gasteiger partial charge in [0.1, 0.15) is 0 Å². The van der Waals surface area contributed by atoms with E-state index in [9.17, 15) is 0 Å². The third-order valence-electron chi connectivity index (χ3n) is 0.465. The van der Waals surface area contributed by atoms with Crippen LogP contribution in [0.5, 0.6) is 0 Å². The maximum atomic E-state index is 4.71. The van der Waals surface area contributed by atoms with Crippen molar-refractivity contribution in [1.82, 2.24) is 0 Å². The Bertz CT molecular complexity index is 111. The fraction of sp³-hybridized carbons (Fsp3) is 0. The first-order valence-corrected chi connectivity index (χ1v) is 2.02. The van der Waals surface area contributed by atoms with Crippen molar-refractivity contribution in [3.63, 3.8) is 0 Å². The molecule has 2 heteroatoms. The minimum absolute atomic E-state index is 0.530. The van der Waals surface area contributed by atoms with Crippen molar-refractivity contribution in [2.45, 2.75) is 0 Å². The van der Waals surface area contributed by atoms with Crippen LogP contribution in [0.2, 0.25) is 0 Å². The minimum atomic E-state index is 0.530. The number of furan rings is 1. The average molecular weight is 131 g/mol. The van der Waals surface area contributed by atoms with Gasteiger partial charge in [0.2, 0.25) is 0 Å². The van der Waals surface area contributed by atoms with Gasteiger partial charge in [-0.15, -0.1) is 0 Å². The fourth-order valence-corrected chi connectivity index (χ4v) is 0.401. The molecule has 1 aromatic heterocycles. The van der Waals surface area contributed by atoms with Crippen LogP contribution >= 0.6 is 0 Å². The summed E-state index contributed by atoms with van der Waals surface area (Å²) in [5.41, 5.74) is 0. The fourth-order valence-electron chi connectivity index (χ4n) is 0.246. The third kappa shape index (κ3) is 0.644. The summed E-state index contributed by atoms with van der Waals surface area (Å²) in [6.45, 7) is 0. The predicted octanol–water partition coefficient (Wildman–Crippen LogP) is 0.452. The van der Waals surface area contributed by atoms with Crippen LogP contribution < -0.4 is 4.66 Å². The summed E-state index contributed by atoms with van der Waals surface area (Å²) in [5.74, 6) is 0. The van der Waals surface area contributed by atoms with E-state index in [-0.39, 0.29) is 0 Å². The molecule has 1 aromatic rings. The third-order valence-corrected chi connectivity index (χ3v) is 0.733. The van der Waals surface area contributed by atoms with E-state index >= 15 is 0 Å². The van der Waals surface area contributed by atoms with Gasteiger partial charge in [-0.05, 0) is 0 Å². The molecule has 0 N–H and O–H groups in total. The van der Waals surface area contributed by atoms with Gasteiger partial charge >= 0.3 is 43.5 Å². The molecule has 0 saturated heterocycles. The molecule has 0 saturated carbocycles. The molecule has 36 valence electrons. The maximum absolute atomic E-state index is 4.71. The van der Waals surface area contributed by atoms with E-state index in [1.54, 1.807) is 18.4 Å². The van der Waals surface area contributed by atoms with Gasteiger partial charge in [-0.3, -0.25) is 0 Å². The van der Waals surface area contributed by atoms with Gasteiger partial charge < -0.3 is 0 Å². The van der Waals surface area contributed by atoms with E-state index in [2.05, 4.69) is 4.42 Å². The molecule has 6 heavy (non-hydrogen) atoms. The molecule has 0 aromatic carbocycles. The predicted molar refractivity (Wildman–Crippen MR) is 18.3 cm³/mol. The van der Waals surface area contributed by atoms with Crippen molar-refractivity contribution in [3.05, 3.63) is 18.4 Å². The number of hydrogen-bond donors (Lipinski definition) is 0. The molecule has 0 atom stereocenters. The molecule has 0 amide bonds. The Morgan fingerprint density at radius 2 is 2.50 bits per heavy atom. The van der Waals surface area contributed by atoms with Crippen molar-refractivity contribution in [2.75, 3.05) is 0 Å². The molecular weight excluding hydrogens is 128 g/mol. The Balaban J connectivity index is 3.05. The quantitative estimate of drug-likeness (QED) is 0.465. The van der Waals surface area contributed by atoms with Gasteiger partial charge in [-0.25, -0.2) is 0 Å². The van der Waals surface area contributed by atoms with Gasteiger partial charge in [0, 0.05) is 0 Å². The summed E-state index contributed by atoms with van der Waals surface area (Å²) >= 11 is 4.71. The molecule has 1 rings (SSSR count). The Morgan fingerprint density at radius 3 is 2.67 bits per heavy atom. The first-order valence-electron chi connectivity index (χ1n) is 1.55. The molecule has 0 aliphatic rings. The topological polar surface area (TPSA) is 13.1 Å². The van der Waals surface area contributed by atoms with Crippen molar-refractivity contribution in [2.24, 2.45) is 0 Å². The zero-order chi connectivity index (χ0) is 4.41. The SMILES string of the molecule is [Cu][c]1ccco1. The standard InChI is InChI=1S/C4H3O.Cu/c1-2-4-5-3-1;/h1-3H;. The Kier molecular flexibility index (Phi) is 0.992. The molecule has 1 nitrogen and oxygen atoms in total. The van der Waals surface area contributed by atoms with E-state index in [0.717, 1.165) is 0 Å². The Hall–Kier alpha value is -0.201. The molecule has 0 spiro atoms. The van der Waals surface area contributed by atoms with Crippen LogP contribution in [-0.2, 0) is 16.0 Å². The Morgan fingerprint density at radius 1 is 1.67 bits per heavy atom. The summed E-state index contributed by atoms with van der Waals surface area (Å²) < 4.78 is 5.17. The van der Waals surface area contributed by atoms with Crippen molar-refractivity contribution in [1.29, 1.82) is 0 Å². The van der Waals surface area contributed by atoms with E-state index < -0.39 is 0 Å². The first kappa shape index (κ1) is 3.97. The summed E-state index contributed by atoms with van der Waals surface area (Å²) in [4.78, 5) is 0. The van der Waals surface area contributed by atoms with Crippen molar-refractivity contribution >= 4 is 4.66 Å². The van der Waals surface area contributed by atoms with Crippen LogP contribution in [0.3, 0.4) is 0 Å². The van der Waals surface area contributed by atoms with E-state index in [0.29, 0.717) is 4.66 Å². The van der Waals surface area contributed by atoms with Gasteiger partial charge in [0.25, 0.3) is 0 Å². The number of rotatable bonds is 0. The normalized spacial score (nSPS) is 9.00. The van der Waals surface area contributed by atoms with Crippen LogP contribution in [0.1, 0.15) is 0 Å². The summed E-state index contributed by atoms with van der Waals surface area (Å²) in [5, 5.41) is 0. The van der Waals surface area contributed by atoms with Crippen LogP contribution in [0.15, 0.2) is 22.8 Å². The molecular formula is C4H3CuO. The molecule has 0 bridgehead atoms. The van der Waals surface area contributed by atoms with Gasteiger partial charge in [-0.2, -0.15) is 0 Å². The van der Waals surface area contributed by atoms with Crippen LogP contribution in [0, 0.1) is 0 Å². The average Bonchev–Trinajstić information content (AvgIpc) is 1.86. The second-order valence-electron chi connectivity index (χ2n) is 0.879. The number of hydrogen-bond acceptors (Lipinski definition) is 1. The Labute approximate surface area is 44.2 Å². The van der Waals surface area contributed by atoms with Gasteiger partial charge in [0.15, 0.2) is 0 Å². The van der Waals surface area contributed by atoms with Crippen LogP contribution in [0.4, 0.5) is 0 Å². The van der Waals surface area contributed by atoms with Crippen molar-refractivity contribution < 1.29 is 20.4 Å². The molecule has 0 aliphatic carbocycles. The summed E-state index contributed by atoms with van der Waals surface area (Å²) in [7, 11) is 0. The molecule has 0 aliphatic heterocycles. The van der Waals surface area contributed by atoms with Gasteiger partial charge in [-0.1, -0.05) is 0 Å². The molecule has 0 radical (unpaired) electrons. The zero-order valence-corrected chi connectivity index (χ0v) is 3.88. The van der Waals surface area contributed by atoms with Crippen molar-refractivity contribution in [3.8, 4) is 0 Å². The van der Waals surface area contributed by atoms with Crippen LogP contribution in [0.25, 0.3) is 0 Å². The molecule has 1 heterocycles. The molecule has 0 unspecified atom stereocenters. The monoisotopic (exact) mass is 130 g/mol. The first-order chi connectivity index (χ1) is 2.89. The molecule has 0 fully saturated rings. The van der Waals surface area contributed by atoms with Crippen LogP contribution in [-0.4, -0.2) is 0 Å². The zero-order valence-electron chi connectivity index (χ0n) is 2.94. The summed E-state index contributed by atoms with van der Waals surface area (Å²) in [6.07, 6.45) is 1.55. The van der Waals surface area contributed by atoms with Gasteiger partial charge in [0.05, 0.1) is 0 Å². The van der Waals surface area contributed by atoms with E-state index in [1.807, 2.05) is 0 Å². The summed E-state index contributed by atoms with van der Waals surface area (Å²) in [6, 6.07) is 3.48. The second kappa shape index (κ2) is 1.50.